The quantitative estimate of drug-likeness (QED) is 0.333. The fraction of sp³-hybridized carbons (Fsp3) is 0.600. The Morgan fingerprint density at radius 3 is 2.66 bits per heavy atom. The van der Waals surface area contributed by atoms with Crippen molar-refractivity contribution in [2.24, 2.45) is 5.73 Å². The van der Waals surface area contributed by atoms with E-state index in [-0.39, 0.29) is 5.54 Å². The molecule has 2 aromatic rings. The van der Waals surface area contributed by atoms with Crippen molar-refractivity contribution in [1.29, 1.82) is 0 Å². The number of halogens is 2. The summed E-state index contributed by atoms with van der Waals surface area (Å²) >= 11 is 6.50. The number of rotatable bonds is 10. The average Bonchev–Trinajstić information content (AvgIpc) is 2.88. The highest BCUT2D eigenvalue weighted by molar-refractivity contribution is 6.33. The van der Waals surface area contributed by atoms with Crippen molar-refractivity contribution in [3.63, 3.8) is 0 Å². The van der Waals surface area contributed by atoms with Crippen LogP contribution in [0.2, 0.25) is 5.02 Å². The van der Waals surface area contributed by atoms with Crippen LogP contribution in [-0.2, 0) is 4.74 Å². The zero-order valence-electron chi connectivity index (χ0n) is 20.0. The SMILES string of the molecule is NC1(CNc2cccc(-c3cc(N[C@H]4CC[C@H](NCC(O)CF)CC4)ncc3Cl)n2)CCOCC1. The van der Waals surface area contributed by atoms with E-state index in [0.29, 0.717) is 43.4 Å². The van der Waals surface area contributed by atoms with Crippen LogP contribution in [0, 0.1) is 0 Å². The molecule has 8 nitrogen and oxygen atoms in total. The van der Waals surface area contributed by atoms with Crippen molar-refractivity contribution in [3.8, 4) is 11.3 Å². The summed E-state index contributed by atoms with van der Waals surface area (Å²) < 4.78 is 17.9. The van der Waals surface area contributed by atoms with Crippen molar-refractivity contribution in [2.45, 2.75) is 62.3 Å². The van der Waals surface area contributed by atoms with Crippen LogP contribution in [0.25, 0.3) is 11.3 Å². The number of hydrogen-bond donors (Lipinski definition) is 5. The largest absolute Gasteiger partial charge is 0.389 e. The summed E-state index contributed by atoms with van der Waals surface area (Å²) in [5, 5.41) is 20.1. The van der Waals surface area contributed by atoms with E-state index in [1.807, 2.05) is 24.3 Å². The van der Waals surface area contributed by atoms with Gasteiger partial charge in [-0.15, -0.1) is 0 Å². The summed E-state index contributed by atoms with van der Waals surface area (Å²) in [5.41, 5.74) is 7.79. The van der Waals surface area contributed by atoms with Crippen LogP contribution in [0.4, 0.5) is 16.0 Å². The molecule has 1 saturated carbocycles. The number of aliphatic hydroxyl groups excluding tert-OH is 1. The van der Waals surface area contributed by atoms with Crippen molar-refractivity contribution in [1.82, 2.24) is 15.3 Å². The van der Waals surface area contributed by atoms with Gasteiger partial charge in [0.15, 0.2) is 0 Å². The number of nitrogens with two attached hydrogens (primary N) is 1. The number of aromatic nitrogens is 2. The summed E-state index contributed by atoms with van der Waals surface area (Å²) in [4.78, 5) is 9.24. The Morgan fingerprint density at radius 2 is 1.91 bits per heavy atom. The summed E-state index contributed by atoms with van der Waals surface area (Å²) in [6.45, 7) is 1.59. The van der Waals surface area contributed by atoms with Gasteiger partial charge in [-0.1, -0.05) is 17.7 Å². The number of nitrogens with one attached hydrogen (secondary N) is 3. The number of ether oxygens (including phenoxy) is 1. The molecule has 1 atom stereocenters. The molecule has 4 rings (SSSR count). The second-order valence-corrected chi connectivity index (χ2v) is 10.1. The molecule has 0 spiro atoms. The third kappa shape index (κ3) is 7.47. The van der Waals surface area contributed by atoms with Gasteiger partial charge in [0.2, 0.25) is 0 Å². The Balaban J connectivity index is 1.35. The molecule has 10 heteroatoms. The lowest BCUT2D eigenvalue weighted by Gasteiger charge is -2.33. The van der Waals surface area contributed by atoms with Gasteiger partial charge in [-0.25, -0.2) is 14.4 Å². The van der Waals surface area contributed by atoms with Gasteiger partial charge >= 0.3 is 0 Å². The van der Waals surface area contributed by atoms with E-state index >= 15 is 0 Å². The molecular weight excluding hydrogens is 471 g/mol. The van der Waals surface area contributed by atoms with Gasteiger partial charge in [0.05, 0.1) is 16.8 Å². The van der Waals surface area contributed by atoms with E-state index in [9.17, 15) is 9.50 Å². The molecule has 3 heterocycles. The predicted molar refractivity (Wildman–Crippen MR) is 138 cm³/mol. The van der Waals surface area contributed by atoms with E-state index < -0.39 is 12.8 Å². The maximum atomic E-state index is 12.4. The molecule has 1 aliphatic carbocycles. The van der Waals surface area contributed by atoms with Crippen LogP contribution in [0.5, 0.6) is 0 Å². The van der Waals surface area contributed by atoms with Crippen LogP contribution in [0.1, 0.15) is 38.5 Å². The first kappa shape index (κ1) is 26.0. The van der Waals surface area contributed by atoms with Gasteiger partial charge in [-0.3, -0.25) is 0 Å². The third-order valence-corrected chi connectivity index (χ3v) is 7.19. The van der Waals surface area contributed by atoms with Crippen LogP contribution in [0.3, 0.4) is 0 Å². The first-order valence-electron chi connectivity index (χ1n) is 12.4. The lowest BCUT2D eigenvalue weighted by atomic mass is 9.91. The van der Waals surface area contributed by atoms with Crippen molar-refractivity contribution in [2.75, 3.05) is 43.6 Å². The Labute approximate surface area is 211 Å². The zero-order chi connectivity index (χ0) is 24.7. The summed E-state index contributed by atoms with van der Waals surface area (Å²) in [7, 11) is 0. The number of hydrogen-bond acceptors (Lipinski definition) is 8. The van der Waals surface area contributed by atoms with E-state index in [1.54, 1.807) is 6.20 Å². The zero-order valence-corrected chi connectivity index (χ0v) is 20.7. The molecule has 0 bridgehead atoms. The van der Waals surface area contributed by atoms with Gasteiger partial charge in [-0.05, 0) is 56.7 Å². The molecule has 1 aliphatic heterocycles. The van der Waals surface area contributed by atoms with E-state index in [4.69, 9.17) is 27.1 Å². The van der Waals surface area contributed by atoms with Crippen molar-refractivity contribution < 1.29 is 14.2 Å². The number of anilines is 2. The van der Waals surface area contributed by atoms with Gasteiger partial charge in [-0.2, -0.15) is 0 Å². The molecule has 0 amide bonds. The lowest BCUT2D eigenvalue weighted by molar-refractivity contribution is 0.0574. The fourth-order valence-electron chi connectivity index (χ4n) is 4.63. The average molecular weight is 507 g/mol. The number of aliphatic hydroxyl groups is 1. The lowest BCUT2D eigenvalue weighted by Crippen LogP contribution is -2.50. The second-order valence-electron chi connectivity index (χ2n) is 9.70. The topological polar surface area (TPSA) is 117 Å². The Bertz CT molecular complexity index is 953. The van der Waals surface area contributed by atoms with Crippen molar-refractivity contribution >= 4 is 23.2 Å². The smallest absolute Gasteiger partial charge is 0.126 e. The first-order chi connectivity index (χ1) is 16.9. The first-order valence-corrected chi connectivity index (χ1v) is 12.8. The van der Waals surface area contributed by atoms with Crippen LogP contribution in [-0.4, -0.2) is 71.8 Å². The maximum Gasteiger partial charge on any atom is 0.126 e. The molecule has 6 N–H and O–H groups in total. The maximum absolute atomic E-state index is 12.4. The van der Waals surface area contributed by atoms with E-state index in [1.165, 1.54) is 0 Å². The third-order valence-electron chi connectivity index (χ3n) is 6.89. The molecule has 0 aromatic carbocycles. The molecular formula is C25H36ClFN6O2. The summed E-state index contributed by atoms with van der Waals surface area (Å²) in [6.07, 6.45) is 6.22. The Hall–Kier alpha value is -2.04. The normalized spacial score (nSPS) is 23.0. The minimum atomic E-state index is -0.928. The highest BCUT2D eigenvalue weighted by atomic mass is 35.5. The van der Waals surface area contributed by atoms with Gasteiger partial charge in [0.25, 0.3) is 0 Å². The molecule has 192 valence electrons. The highest BCUT2D eigenvalue weighted by Gasteiger charge is 2.28. The van der Waals surface area contributed by atoms with Crippen molar-refractivity contribution in [3.05, 3.63) is 35.5 Å². The monoisotopic (exact) mass is 506 g/mol. The van der Waals surface area contributed by atoms with Gasteiger partial charge in [0.1, 0.15) is 18.3 Å². The van der Waals surface area contributed by atoms with E-state index in [0.717, 1.165) is 61.4 Å². The Morgan fingerprint density at radius 1 is 1.17 bits per heavy atom. The molecule has 1 unspecified atom stereocenters. The van der Waals surface area contributed by atoms with Crippen LogP contribution < -0.4 is 21.7 Å². The van der Waals surface area contributed by atoms with Gasteiger partial charge in [0, 0.05) is 55.7 Å². The standard InChI is InChI=1S/C25H36ClFN6O2/c26-21-15-30-24(32-18-6-4-17(5-7-18)29-14-19(34)13-27)12-20(21)22-2-1-3-23(33-22)31-16-25(28)8-10-35-11-9-25/h1-3,12,15,17-19,29,34H,4-11,13-14,16,28H2,(H,30,32)(H,31,33)/t17-,18-,19?. The summed E-state index contributed by atoms with van der Waals surface area (Å²) in [6, 6.07) is 8.36. The minimum Gasteiger partial charge on any atom is -0.389 e. The minimum absolute atomic E-state index is 0.289. The highest BCUT2D eigenvalue weighted by Crippen LogP contribution is 2.30. The fourth-order valence-corrected chi connectivity index (χ4v) is 4.83. The van der Waals surface area contributed by atoms with Crippen LogP contribution >= 0.6 is 11.6 Å². The number of pyridine rings is 2. The molecule has 35 heavy (non-hydrogen) atoms. The molecule has 2 aromatic heterocycles. The van der Waals surface area contributed by atoms with Gasteiger partial charge < -0.3 is 31.5 Å². The Kier molecular flexibility index (Phi) is 9.13. The molecule has 2 aliphatic rings. The molecule has 2 fully saturated rings. The van der Waals surface area contributed by atoms with E-state index in [2.05, 4.69) is 20.9 Å². The number of nitrogens with zero attached hydrogens (tertiary/aromatic N) is 2. The van der Waals surface area contributed by atoms with Crippen LogP contribution in [0.15, 0.2) is 30.5 Å². The second kappa shape index (κ2) is 12.3. The predicted octanol–water partition coefficient (Wildman–Crippen LogP) is 3.36. The summed E-state index contributed by atoms with van der Waals surface area (Å²) in [5.74, 6) is 1.52. The number of alkyl halides is 1. The molecule has 0 radical (unpaired) electrons. The molecule has 1 saturated heterocycles.